The van der Waals surface area contributed by atoms with E-state index in [2.05, 4.69) is 0 Å². The molecule has 0 radical (unpaired) electrons. The van der Waals surface area contributed by atoms with Gasteiger partial charge in [-0.15, -0.1) is 0 Å². The van der Waals surface area contributed by atoms with Crippen LogP contribution in [0.2, 0.25) is 0 Å². The van der Waals surface area contributed by atoms with E-state index >= 15 is 0 Å². The molecule has 0 aliphatic heterocycles. The number of aliphatic hydroxyl groups is 1. The molecule has 22 heavy (non-hydrogen) atoms. The van der Waals surface area contributed by atoms with Crippen LogP contribution in [0.4, 0.5) is 0 Å². The summed E-state index contributed by atoms with van der Waals surface area (Å²) in [5, 5.41) is 10.4. The predicted molar refractivity (Wildman–Crippen MR) is 83.9 cm³/mol. The molecular weight excluding hydrogens is 282 g/mol. The molecule has 1 saturated carbocycles. The average Bonchev–Trinajstić information content (AvgIpc) is 2.55. The van der Waals surface area contributed by atoms with Crippen LogP contribution in [-0.4, -0.2) is 55.4 Å². The Morgan fingerprint density at radius 2 is 2.05 bits per heavy atom. The molecule has 5 nitrogen and oxygen atoms in total. The third-order valence-electron chi connectivity index (χ3n) is 4.49. The number of hydrogen-bond acceptors (Lipinski definition) is 4. The second kappa shape index (κ2) is 7.61. The summed E-state index contributed by atoms with van der Waals surface area (Å²) in [5.41, 5.74) is 0.857. The van der Waals surface area contributed by atoms with Crippen LogP contribution >= 0.6 is 0 Å². The highest BCUT2D eigenvalue weighted by Crippen LogP contribution is 2.26. The number of likely N-dealkylation sites (N-methyl/N-ethyl adjacent to an activating group) is 1. The largest absolute Gasteiger partial charge is 0.496 e. The number of nitrogens with zero attached hydrogens (tertiary/aromatic N) is 1. The fraction of sp³-hybridized carbons (Fsp3) is 0.588. The van der Waals surface area contributed by atoms with Gasteiger partial charge >= 0.3 is 0 Å². The van der Waals surface area contributed by atoms with Crippen LogP contribution in [0.3, 0.4) is 0 Å². The molecule has 1 amide bonds. The van der Waals surface area contributed by atoms with Crippen LogP contribution in [0.15, 0.2) is 24.3 Å². The lowest BCUT2D eigenvalue weighted by Gasteiger charge is -2.39. The molecule has 1 aliphatic carbocycles. The molecule has 0 aromatic heterocycles. The smallest absolute Gasteiger partial charge is 0.227 e. The lowest BCUT2D eigenvalue weighted by atomic mass is 9.88. The normalized spacial score (nSPS) is 24.8. The van der Waals surface area contributed by atoms with E-state index in [0.29, 0.717) is 5.75 Å². The Morgan fingerprint density at radius 1 is 1.32 bits per heavy atom. The van der Waals surface area contributed by atoms with Gasteiger partial charge in [0.2, 0.25) is 5.91 Å². The highest BCUT2D eigenvalue weighted by atomic mass is 16.5. The Hall–Kier alpha value is -1.59. The number of hydrogen-bond donors (Lipinski definition) is 1. The summed E-state index contributed by atoms with van der Waals surface area (Å²) in [5.74, 6) is 0.688. The Balaban J connectivity index is 2.05. The van der Waals surface area contributed by atoms with E-state index in [1.807, 2.05) is 24.3 Å². The second-order valence-corrected chi connectivity index (χ2v) is 5.76. The third-order valence-corrected chi connectivity index (χ3v) is 4.49. The number of aliphatic hydroxyl groups excluding tert-OH is 1. The summed E-state index contributed by atoms with van der Waals surface area (Å²) < 4.78 is 10.6. The topological polar surface area (TPSA) is 59.0 Å². The van der Waals surface area contributed by atoms with Crippen LogP contribution in [-0.2, 0) is 16.0 Å². The third kappa shape index (κ3) is 3.59. The van der Waals surface area contributed by atoms with E-state index in [4.69, 9.17) is 9.47 Å². The van der Waals surface area contributed by atoms with E-state index in [0.717, 1.165) is 24.8 Å². The Labute approximate surface area is 131 Å². The van der Waals surface area contributed by atoms with Gasteiger partial charge in [-0.1, -0.05) is 18.2 Å². The van der Waals surface area contributed by atoms with Crippen LogP contribution in [0.5, 0.6) is 5.75 Å². The minimum absolute atomic E-state index is 0.0229. The van der Waals surface area contributed by atoms with Crippen molar-refractivity contribution in [3.8, 4) is 5.75 Å². The van der Waals surface area contributed by atoms with E-state index in [9.17, 15) is 9.90 Å². The predicted octanol–water partition coefficient (Wildman–Crippen LogP) is 1.62. The molecule has 5 heteroatoms. The molecule has 1 aliphatic rings. The van der Waals surface area contributed by atoms with Gasteiger partial charge in [-0.25, -0.2) is 0 Å². The monoisotopic (exact) mass is 307 g/mol. The van der Waals surface area contributed by atoms with Crippen molar-refractivity contribution in [3.05, 3.63) is 29.8 Å². The van der Waals surface area contributed by atoms with Crippen LogP contribution < -0.4 is 4.74 Å². The number of amides is 1. The molecule has 0 saturated heterocycles. The SMILES string of the molecule is COc1ccccc1CC(=O)N(C)[C@@H]1CCC[C@@H](OC)[C@@H]1O. The van der Waals surface area contributed by atoms with Gasteiger partial charge in [0, 0.05) is 19.7 Å². The number of para-hydroxylation sites is 1. The van der Waals surface area contributed by atoms with Gasteiger partial charge in [0.15, 0.2) is 0 Å². The first-order valence-electron chi connectivity index (χ1n) is 7.67. The fourth-order valence-corrected chi connectivity index (χ4v) is 3.12. The number of ether oxygens (including phenoxy) is 2. The summed E-state index contributed by atoms with van der Waals surface area (Å²) in [6.45, 7) is 0. The van der Waals surface area contributed by atoms with Crippen molar-refractivity contribution in [2.45, 2.75) is 43.9 Å². The molecule has 0 bridgehead atoms. The van der Waals surface area contributed by atoms with Gasteiger partial charge in [0.05, 0.1) is 25.7 Å². The van der Waals surface area contributed by atoms with Crippen molar-refractivity contribution >= 4 is 5.91 Å². The minimum atomic E-state index is -0.634. The zero-order valence-corrected chi connectivity index (χ0v) is 13.5. The van der Waals surface area contributed by atoms with Crippen LogP contribution in [0.1, 0.15) is 24.8 Å². The maximum absolute atomic E-state index is 12.5. The molecule has 122 valence electrons. The van der Waals surface area contributed by atoms with E-state index < -0.39 is 6.10 Å². The molecular formula is C17H25NO4. The first kappa shape index (κ1) is 16.8. The second-order valence-electron chi connectivity index (χ2n) is 5.76. The number of rotatable bonds is 5. The first-order chi connectivity index (χ1) is 10.6. The molecule has 2 rings (SSSR count). The van der Waals surface area contributed by atoms with Crippen LogP contribution in [0.25, 0.3) is 0 Å². The van der Waals surface area contributed by atoms with Crippen molar-refractivity contribution in [2.75, 3.05) is 21.3 Å². The highest BCUT2D eigenvalue weighted by Gasteiger charge is 2.36. The zero-order chi connectivity index (χ0) is 16.1. The van der Waals surface area contributed by atoms with Gasteiger partial charge in [-0.2, -0.15) is 0 Å². The Morgan fingerprint density at radius 3 is 2.73 bits per heavy atom. The van der Waals surface area contributed by atoms with Gasteiger partial charge < -0.3 is 19.5 Å². The summed E-state index contributed by atoms with van der Waals surface area (Å²) in [6, 6.07) is 7.31. The maximum Gasteiger partial charge on any atom is 0.227 e. The van der Waals surface area contributed by atoms with Gasteiger partial charge in [0.25, 0.3) is 0 Å². The number of benzene rings is 1. The van der Waals surface area contributed by atoms with Crippen molar-refractivity contribution in [2.24, 2.45) is 0 Å². The quantitative estimate of drug-likeness (QED) is 0.898. The van der Waals surface area contributed by atoms with Crippen LogP contribution in [0, 0.1) is 0 Å². The standard InChI is InChI=1S/C17H25NO4/c1-18(13-8-6-10-15(22-3)17(13)20)16(19)11-12-7-4-5-9-14(12)21-2/h4-5,7,9,13,15,17,20H,6,8,10-11H2,1-3H3/t13-,15-,17-/m1/s1. The molecule has 0 unspecified atom stereocenters. The van der Waals surface area contributed by atoms with Crippen molar-refractivity contribution < 1.29 is 19.4 Å². The molecule has 0 heterocycles. The summed E-state index contributed by atoms with van der Waals surface area (Å²) >= 11 is 0. The minimum Gasteiger partial charge on any atom is -0.496 e. The van der Waals surface area contributed by atoms with E-state index in [-0.39, 0.29) is 24.5 Å². The fourth-order valence-electron chi connectivity index (χ4n) is 3.12. The van der Waals surface area contributed by atoms with Gasteiger partial charge in [-0.3, -0.25) is 4.79 Å². The van der Waals surface area contributed by atoms with Crippen molar-refractivity contribution in [3.63, 3.8) is 0 Å². The average molecular weight is 307 g/mol. The molecule has 3 atom stereocenters. The van der Waals surface area contributed by atoms with Gasteiger partial charge in [-0.05, 0) is 25.3 Å². The van der Waals surface area contributed by atoms with Crippen molar-refractivity contribution in [1.82, 2.24) is 4.90 Å². The van der Waals surface area contributed by atoms with Crippen molar-refractivity contribution in [1.29, 1.82) is 0 Å². The van der Waals surface area contributed by atoms with E-state index in [1.54, 1.807) is 26.2 Å². The Bertz CT molecular complexity index is 505. The first-order valence-corrected chi connectivity index (χ1v) is 7.67. The maximum atomic E-state index is 12.5. The number of carbonyl (C=O) groups excluding carboxylic acids is 1. The zero-order valence-electron chi connectivity index (χ0n) is 13.5. The summed E-state index contributed by atoms with van der Waals surface area (Å²) in [6.07, 6.45) is 2.02. The number of methoxy groups -OCH3 is 2. The molecule has 1 N–H and O–H groups in total. The van der Waals surface area contributed by atoms with Gasteiger partial charge in [0.1, 0.15) is 11.9 Å². The Kier molecular flexibility index (Phi) is 5.80. The van der Waals surface area contributed by atoms with E-state index in [1.165, 1.54) is 0 Å². The number of carbonyl (C=O) groups is 1. The lowest BCUT2D eigenvalue weighted by molar-refractivity contribution is -0.139. The molecule has 1 fully saturated rings. The molecule has 0 spiro atoms. The molecule has 1 aromatic rings. The summed E-state index contributed by atoms with van der Waals surface area (Å²) in [7, 11) is 4.96. The lowest BCUT2D eigenvalue weighted by Crippen LogP contribution is -2.52. The molecule has 1 aromatic carbocycles. The summed E-state index contributed by atoms with van der Waals surface area (Å²) in [4.78, 5) is 14.2. The highest BCUT2D eigenvalue weighted by molar-refractivity contribution is 5.79.